The minimum atomic E-state index is -0.139. The number of allylic oxidation sites excluding steroid dienone is 1. The highest BCUT2D eigenvalue weighted by atomic mass is 16.3. The summed E-state index contributed by atoms with van der Waals surface area (Å²) in [7, 11) is 0. The van der Waals surface area contributed by atoms with E-state index in [0.717, 1.165) is 18.4 Å². The highest BCUT2D eigenvalue weighted by Gasteiger charge is 2.30. The maximum Gasteiger partial charge on any atom is 0.0552 e. The third-order valence-corrected chi connectivity index (χ3v) is 4.81. The van der Waals surface area contributed by atoms with Crippen LogP contribution in [0.2, 0.25) is 0 Å². The Morgan fingerprint density at radius 3 is 2.82 bits per heavy atom. The molecule has 0 aromatic heterocycles. The van der Waals surface area contributed by atoms with Crippen LogP contribution < -0.4 is 0 Å². The van der Waals surface area contributed by atoms with Gasteiger partial charge in [-0.1, -0.05) is 18.6 Å². The molecular formula is C15H27NO. The lowest BCUT2D eigenvalue weighted by molar-refractivity contribution is 0.124. The fourth-order valence-electron chi connectivity index (χ4n) is 3.40. The van der Waals surface area contributed by atoms with E-state index in [0.29, 0.717) is 5.92 Å². The van der Waals surface area contributed by atoms with Gasteiger partial charge in [0.05, 0.1) is 6.10 Å². The lowest BCUT2D eigenvalue weighted by Gasteiger charge is -2.32. The van der Waals surface area contributed by atoms with Gasteiger partial charge in [-0.05, 0) is 57.4 Å². The van der Waals surface area contributed by atoms with Gasteiger partial charge >= 0.3 is 0 Å². The van der Waals surface area contributed by atoms with Gasteiger partial charge in [-0.15, -0.1) is 0 Å². The Hall–Kier alpha value is -0.340. The van der Waals surface area contributed by atoms with E-state index < -0.39 is 0 Å². The Morgan fingerprint density at radius 1 is 1.47 bits per heavy atom. The molecule has 17 heavy (non-hydrogen) atoms. The van der Waals surface area contributed by atoms with Crippen LogP contribution in [0.3, 0.4) is 0 Å². The molecule has 1 aliphatic carbocycles. The number of aliphatic hydroxyl groups is 1. The second kappa shape index (κ2) is 5.53. The molecule has 0 spiro atoms. The van der Waals surface area contributed by atoms with Gasteiger partial charge in [0.1, 0.15) is 0 Å². The molecule has 2 rings (SSSR count). The SMILES string of the molecule is CC1=CCC[C@H](C)[C@@H]1CN1CC[C@H]([C@@H](C)O)C1. The van der Waals surface area contributed by atoms with E-state index in [-0.39, 0.29) is 6.10 Å². The van der Waals surface area contributed by atoms with Crippen molar-refractivity contribution in [1.82, 2.24) is 4.90 Å². The summed E-state index contributed by atoms with van der Waals surface area (Å²) in [5.74, 6) is 2.07. The first-order valence-corrected chi connectivity index (χ1v) is 7.15. The van der Waals surface area contributed by atoms with Crippen LogP contribution in [-0.2, 0) is 0 Å². The third-order valence-electron chi connectivity index (χ3n) is 4.81. The van der Waals surface area contributed by atoms with Crippen molar-refractivity contribution in [3.63, 3.8) is 0 Å². The molecule has 2 aliphatic rings. The van der Waals surface area contributed by atoms with Gasteiger partial charge in [0, 0.05) is 13.1 Å². The van der Waals surface area contributed by atoms with Crippen LogP contribution in [-0.4, -0.2) is 35.7 Å². The second-order valence-corrected chi connectivity index (χ2v) is 6.16. The number of aliphatic hydroxyl groups excluding tert-OH is 1. The Morgan fingerprint density at radius 2 is 2.24 bits per heavy atom. The van der Waals surface area contributed by atoms with Gasteiger partial charge in [0.25, 0.3) is 0 Å². The first-order valence-electron chi connectivity index (χ1n) is 7.15. The topological polar surface area (TPSA) is 23.5 Å². The van der Waals surface area contributed by atoms with Crippen molar-refractivity contribution >= 4 is 0 Å². The van der Waals surface area contributed by atoms with Crippen LogP contribution in [0.5, 0.6) is 0 Å². The summed E-state index contributed by atoms with van der Waals surface area (Å²) < 4.78 is 0. The zero-order valence-corrected chi connectivity index (χ0v) is 11.5. The zero-order valence-electron chi connectivity index (χ0n) is 11.5. The molecule has 1 heterocycles. The Bertz CT molecular complexity index is 285. The van der Waals surface area contributed by atoms with Crippen LogP contribution in [0.1, 0.15) is 40.0 Å². The summed E-state index contributed by atoms with van der Waals surface area (Å²) >= 11 is 0. The molecule has 2 heteroatoms. The standard InChI is InChI=1S/C15H27NO/c1-11-5-4-6-12(2)15(11)10-16-8-7-14(9-16)13(3)17/h5,12-15,17H,4,6-10H2,1-3H3/t12-,13+,14-,15+/m0/s1. The van der Waals surface area contributed by atoms with Gasteiger partial charge in [0.2, 0.25) is 0 Å². The fourth-order valence-corrected chi connectivity index (χ4v) is 3.40. The molecule has 1 N–H and O–H groups in total. The Labute approximate surface area is 106 Å². The molecule has 0 amide bonds. The van der Waals surface area contributed by atoms with Crippen LogP contribution in [0.25, 0.3) is 0 Å². The maximum absolute atomic E-state index is 9.64. The molecule has 1 fully saturated rings. The minimum absolute atomic E-state index is 0.139. The number of hydrogen-bond acceptors (Lipinski definition) is 2. The van der Waals surface area contributed by atoms with Gasteiger partial charge in [-0.25, -0.2) is 0 Å². The van der Waals surface area contributed by atoms with Crippen molar-refractivity contribution in [2.75, 3.05) is 19.6 Å². The second-order valence-electron chi connectivity index (χ2n) is 6.16. The van der Waals surface area contributed by atoms with Crippen molar-refractivity contribution in [3.05, 3.63) is 11.6 Å². The van der Waals surface area contributed by atoms with Crippen molar-refractivity contribution < 1.29 is 5.11 Å². The summed E-state index contributed by atoms with van der Waals surface area (Å²) in [6.45, 7) is 10.1. The quantitative estimate of drug-likeness (QED) is 0.763. The molecule has 0 bridgehead atoms. The number of nitrogens with zero attached hydrogens (tertiary/aromatic N) is 1. The van der Waals surface area contributed by atoms with Gasteiger partial charge in [0.15, 0.2) is 0 Å². The van der Waals surface area contributed by atoms with Crippen LogP contribution >= 0.6 is 0 Å². The number of rotatable bonds is 3. The highest BCUT2D eigenvalue weighted by Crippen LogP contribution is 2.32. The van der Waals surface area contributed by atoms with Crippen LogP contribution in [0.15, 0.2) is 11.6 Å². The van der Waals surface area contributed by atoms with Crippen LogP contribution in [0, 0.1) is 17.8 Å². The monoisotopic (exact) mass is 237 g/mol. The predicted molar refractivity (Wildman–Crippen MR) is 71.9 cm³/mol. The molecule has 1 saturated heterocycles. The molecule has 4 atom stereocenters. The molecule has 0 aromatic carbocycles. The van der Waals surface area contributed by atoms with E-state index in [2.05, 4.69) is 24.8 Å². The maximum atomic E-state index is 9.64. The van der Waals surface area contributed by atoms with Gasteiger partial charge in [-0.2, -0.15) is 0 Å². The predicted octanol–water partition coefficient (Wildman–Crippen LogP) is 2.68. The van der Waals surface area contributed by atoms with Crippen LogP contribution in [0.4, 0.5) is 0 Å². The first-order chi connectivity index (χ1) is 8.08. The summed E-state index contributed by atoms with van der Waals surface area (Å²) in [5.41, 5.74) is 1.59. The van der Waals surface area contributed by atoms with E-state index in [9.17, 15) is 5.11 Å². The molecule has 1 aliphatic heterocycles. The number of hydrogen-bond donors (Lipinski definition) is 1. The smallest absolute Gasteiger partial charge is 0.0552 e. The van der Waals surface area contributed by atoms with Crippen molar-refractivity contribution in [2.45, 2.75) is 46.1 Å². The molecule has 0 radical (unpaired) electrons. The highest BCUT2D eigenvalue weighted by molar-refractivity contribution is 5.09. The minimum Gasteiger partial charge on any atom is -0.393 e. The first kappa shape index (κ1) is 13.1. The fraction of sp³-hybridized carbons (Fsp3) is 0.867. The molecule has 0 unspecified atom stereocenters. The molecule has 0 aromatic rings. The molecular weight excluding hydrogens is 210 g/mol. The van der Waals surface area contributed by atoms with Gasteiger partial charge < -0.3 is 10.0 Å². The van der Waals surface area contributed by atoms with Crippen molar-refractivity contribution in [1.29, 1.82) is 0 Å². The summed E-state index contributed by atoms with van der Waals surface area (Å²) in [6.07, 6.45) is 6.06. The Kier molecular flexibility index (Phi) is 4.26. The average Bonchev–Trinajstić information content (AvgIpc) is 2.72. The third kappa shape index (κ3) is 3.11. The molecule has 2 nitrogen and oxygen atoms in total. The summed E-state index contributed by atoms with van der Waals surface area (Å²) in [5, 5.41) is 9.64. The normalized spacial score (nSPS) is 36.9. The van der Waals surface area contributed by atoms with E-state index in [1.807, 2.05) is 6.92 Å². The lowest BCUT2D eigenvalue weighted by Crippen LogP contribution is -2.33. The molecule has 0 saturated carbocycles. The van der Waals surface area contributed by atoms with Crippen molar-refractivity contribution in [3.8, 4) is 0 Å². The molecule has 98 valence electrons. The average molecular weight is 237 g/mol. The van der Waals surface area contributed by atoms with E-state index >= 15 is 0 Å². The number of likely N-dealkylation sites (tertiary alicyclic amines) is 1. The largest absolute Gasteiger partial charge is 0.393 e. The van der Waals surface area contributed by atoms with Gasteiger partial charge in [-0.3, -0.25) is 0 Å². The lowest BCUT2D eigenvalue weighted by atomic mass is 9.80. The summed E-state index contributed by atoms with van der Waals surface area (Å²) in [4.78, 5) is 2.56. The van der Waals surface area contributed by atoms with E-state index in [1.54, 1.807) is 5.57 Å². The summed E-state index contributed by atoms with van der Waals surface area (Å²) in [6, 6.07) is 0. The van der Waals surface area contributed by atoms with E-state index in [1.165, 1.54) is 32.4 Å². The van der Waals surface area contributed by atoms with Crippen molar-refractivity contribution in [2.24, 2.45) is 17.8 Å². The zero-order chi connectivity index (χ0) is 12.4. The Balaban J connectivity index is 1.89. The van der Waals surface area contributed by atoms with E-state index in [4.69, 9.17) is 0 Å².